The number of hydrogen-bond donors (Lipinski definition) is 1. The van der Waals surface area contributed by atoms with E-state index in [1.807, 2.05) is 24.3 Å². The van der Waals surface area contributed by atoms with Crippen LogP contribution in [0.3, 0.4) is 0 Å². The predicted octanol–water partition coefficient (Wildman–Crippen LogP) is 4.45. The summed E-state index contributed by atoms with van der Waals surface area (Å²) in [6, 6.07) is 17.4. The summed E-state index contributed by atoms with van der Waals surface area (Å²) in [5.74, 6) is -1.09. The molecule has 0 bridgehead atoms. The van der Waals surface area contributed by atoms with Crippen LogP contribution in [0.4, 0.5) is 4.39 Å². The van der Waals surface area contributed by atoms with Crippen LogP contribution in [-0.2, 0) is 16.1 Å². The number of rotatable bonds is 7. The Balaban J connectivity index is 1.65. The van der Waals surface area contributed by atoms with Crippen LogP contribution in [0.2, 0.25) is 5.02 Å². The van der Waals surface area contributed by atoms with Gasteiger partial charge in [-0.25, -0.2) is 9.18 Å². The average Bonchev–Trinajstić information content (AvgIpc) is 3.17. The molecule has 0 saturated carbocycles. The van der Waals surface area contributed by atoms with Gasteiger partial charge in [-0.3, -0.25) is 4.79 Å². The molecule has 1 N–H and O–H groups in total. The summed E-state index contributed by atoms with van der Waals surface area (Å²) in [5.41, 5.74) is 2.43. The number of nitrogens with zero attached hydrogens (tertiary/aromatic N) is 1. The quantitative estimate of drug-likeness (QED) is 0.569. The summed E-state index contributed by atoms with van der Waals surface area (Å²) < 4.78 is 24.2. The van der Waals surface area contributed by atoms with Crippen molar-refractivity contribution in [1.29, 1.82) is 0 Å². The highest BCUT2D eigenvalue weighted by atomic mass is 35.5. The first kappa shape index (κ1) is 21.6. The Labute approximate surface area is 188 Å². The molecule has 1 aliphatic rings. The molecule has 0 fully saturated rings. The summed E-state index contributed by atoms with van der Waals surface area (Å²) in [6.45, 7) is -0.427. The number of carboxylic acids is 1. The third-order valence-corrected chi connectivity index (χ3v) is 5.35. The fraction of sp³-hybridized carbons (Fsp3) is 0.167. The molecule has 3 aromatic carbocycles. The van der Waals surface area contributed by atoms with E-state index in [4.69, 9.17) is 26.2 Å². The lowest BCUT2D eigenvalue weighted by atomic mass is 9.97. The predicted molar refractivity (Wildman–Crippen MR) is 115 cm³/mol. The lowest BCUT2D eigenvalue weighted by molar-refractivity contribution is -0.139. The highest BCUT2D eigenvalue weighted by Gasteiger charge is 2.36. The molecular weight excluding hydrogens is 437 g/mol. The molecule has 3 aromatic rings. The zero-order chi connectivity index (χ0) is 22.7. The van der Waals surface area contributed by atoms with E-state index in [1.54, 1.807) is 23.1 Å². The van der Waals surface area contributed by atoms with Crippen LogP contribution < -0.4 is 9.47 Å². The maximum Gasteiger partial charge on any atom is 0.341 e. The number of benzene rings is 3. The second-order valence-corrected chi connectivity index (χ2v) is 7.67. The van der Waals surface area contributed by atoms with Crippen LogP contribution >= 0.6 is 11.6 Å². The van der Waals surface area contributed by atoms with Crippen molar-refractivity contribution in [3.8, 4) is 11.5 Å². The van der Waals surface area contributed by atoms with E-state index in [0.29, 0.717) is 28.6 Å². The minimum Gasteiger partial charge on any atom is -0.484 e. The topological polar surface area (TPSA) is 76.1 Å². The number of carboxylic acid groups (broad SMARTS) is 1. The number of ether oxygens (including phenoxy) is 2. The van der Waals surface area contributed by atoms with Crippen molar-refractivity contribution in [2.24, 2.45) is 0 Å². The number of fused-ring (bicyclic) bond motifs is 1. The Morgan fingerprint density at radius 3 is 2.50 bits per heavy atom. The summed E-state index contributed by atoms with van der Waals surface area (Å²) in [6.07, 6.45) is 0. The van der Waals surface area contributed by atoms with E-state index in [2.05, 4.69) is 0 Å². The summed E-state index contributed by atoms with van der Waals surface area (Å²) >= 11 is 6.24. The number of aliphatic carboxylic acids is 1. The number of amides is 1. The lowest BCUT2D eigenvalue weighted by Crippen LogP contribution is -2.34. The lowest BCUT2D eigenvalue weighted by Gasteiger charge is -2.27. The molecule has 0 radical (unpaired) electrons. The van der Waals surface area contributed by atoms with Crippen LogP contribution in [-0.4, -0.2) is 35.1 Å². The van der Waals surface area contributed by atoms with Crippen molar-refractivity contribution in [1.82, 2.24) is 4.90 Å². The Morgan fingerprint density at radius 2 is 1.75 bits per heavy atom. The molecule has 1 unspecified atom stereocenters. The molecule has 1 heterocycles. The van der Waals surface area contributed by atoms with E-state index in [1.165, 1.54) is 24.3 Å². The van der Waals surface area contributed by atoms with Gasteiger partial charge in [0.05, 0.1) is 6.04 Å². The zero-order valence-electron chi connectivity index (χ0n) is 16.8. The van der Waals surface area contributed by atoms with Gasteiger partial charge in [-0.05, 0) is 53.6 Å². The minimum atomic E-state index is -1.11. The van der Waals surface area contributed by atoms with Gasteiger partial charge in [0, 0.05) is 17.1 Å². The second kappa shape index (κ2) is 9.28. The van der Waals surface area contributed by atoms with Gasteiger partial charge in [-0.2, -0.15) is 0 Å². The Kier molecular flexibility index (Phi) is 6.28. The molecule has 164 valence electrons. The molecular formula is C24H19ClFNO5. The third kappa shape index (κ3) is 4.68. The van der Waals surface area contributed by atoms with Gasteiger partial charge in [-0.1, -0.05) is 35.9 Å². The van der Waals surface area contributed by atoms with E-state index >= 15 is 0 Å². The van der Waals surface area contributed by atoms with Gasteiger partial charge < -0.3 is 19.5 Å². The number of carbonyl (C=O) groups excluding carboxylic acids is 1. The summed E-state index contributed by atoms with van der Waals surface area (Å²) in [7, 11) is 0. The van der Waals surface area contributed by atoms with Crippen molar-refractivity contribution in [2.75, 3.05) is 13.2 Å². The smallest absolute Gasteiger partial charge is 0.341 e. The van der Waals surface area contributed by atoms with Crippen molar-refractivity contribution in [3.63, 3.8) is 0 Å². The average molecular weight is 456 g/mol. The normalized spacial score (nSPS) is 14.7. The maximum absolute atomic E-state index is 13.2. The van der Waals surface area contributed by atoms with Gasteiger partial charge in [-0.15, -0.1) is 0 Å². The van der Waals surface area contributed by atoms with Gasteiger partial charge in [0.15, 0.2) is 13.2 Å². The second-order valence-electron chi connectivity index (χ2n) is 7.23. The van der Waals surface area contributed by atoms with Crippen LogP contribution in [0.15, 0.2) is 66.7 Å². The zero-order valence-corrected chi connectivity index (χ0v) is 17.6. The molecule has 0 aliphatic carbocycles. The largest absolute Gasteiger partial charge is 0.484 e. The van der Waals surface area contributed by atoms with Crippen molar-refractivity contribution in [2.45, 2.75) is 12.6 Å². The first-order valence-electron chi connectivity index (χ1n) is 9.82. The van der Waals surface area contributed by atoms with Gasteiger partial charge in [0.1, 0.15) is 17.3 Å². The van der Waals surface area contributed by atoms with Crippen LogP contribution in [0.5, 0.6) is 11.5 Å². The molecule has 1 aliphatic heterocycles. The van der Waals surface area contributed by atoms with Crippen molar-refractivity contribution in [3.05, 3.63) is 94.3 Å². The summed E-state index contributed by atoms with van der Waals surface area (Å²) in [5, 5.41) is 9.46. The Hall–Kier alpha value is -3.58. The van der Waals surface area contributed by atoms with Crippen molar-refractivity contribution < 1.29 is 28.6 Å². The molecule has 1 amide bonds. The molecule has 6 nitrogen and oxygen atoms in total. The van der Waals surface area contributed by atoms with Crippen LogP contribution in [0, 0.1) is 5.82 Å². The first-order chi connectivity index (χ1) is 15.4. The number of halogens is 2. The molecule has 8 heteroatoms. The van der Waals surface area contributed by atoms with E-state index in [-0.39, 0.29) is 12.5 Å². The molecule has 1 atom stereocenters. The van der Waals surface area contributed by atoms with E-state index < -0.39 is 24.4 Å². The standard InChI is InChI=1S/C24H19ClFNO5/c25-16-5-10-21(32-14-23(29)30)20(11-16)24-19-4-2-1-3-15(19)12-27(24)22(28)13-31-18-8-6-17(26)7-9-18/h1-11,24H,12-14H2,(H,29,30). The first-order valence-corrected chi connectivity index (χ1v) is 10.2. The molecule has 32 heavy (non-hydrogen) atoms. The van der Waals surface area contributed by atoms with E-state index in [0.717, 1.165) is 11.1 Å². The maximum atomic E-state index is 13.2. The van der Waals surface area contributed by atoms with Gasteiger partial charge in [0.2, 0.25) is 0 Å². The van der Waals surface area contributed by atoms with Crippen LogP contribution in [0.1, 0.15) is 22.7 Å². The van der Waals surface area contributed by atoms with E-state index in [9.17, 15) is 14.0 Å². The Morgan fingerprint density at radius 1 is 1.00 bits per heavy atom. The number of carbonyl (C=O) groups is 2. The fourth-order valence-electron chi connectivity index (χ4n) is 3.72. The third-order valence-electron chi connectivity index (χ3n) is 5.12. The molecule has 4 rings (SSSR count). The Bertz CT molecular complexity index is 1150. The fourth-order valence-corrected chi connectivity index (χ4v) is 3.90. The number of hydrogen-bond acceptors (Lipinski definition) is 4. The van der Waals surface area contributed by atoms with Gasteiger partial charge >= 0.3 is 5.97 Å². The minimum absolute atomic E-state index is 0.248. The van der Waals surface area contributed by atoms with Gasteiger partial charge in [0.25, 0.3) is 5.91 Å². The van der Waals surface area contributed by atoms with Crippen molar-refractivity contribution >= 4 is 23.5 Å². The molecule has 0 spiro atoms. The molecule has 0 saturated heterocycles. The highest BCUT2D eigenvalue weighted by molar-refractivity contribution is 6.30. The van der Waals surface area contributed by atoms with Crippen LogP contribution in [0.25, 0.3) is 0 Å². The SMILES string of the molecule is O=C(O)COc1ccc(Cl)cc1C1c2ccccc2CN1C(=O)COc1ccc(F)cc1. The monoisotopic (exact) mass is 455 g/mol. The molecule has 0 aromatic heterocycles. The highest BCUT2D eigenvalue weighted by Crippen LogP contribution is 2.43. The summed E-state index contributed by atoms with van der Waals surface area (Å²) in [4.78, 5) is 25.8.